The van der Waals surface area contributed by atoms with Gasteiger partial charge in [0.1, 0.15) is 0 Å². The quantitative estimate of drug-likeness (QED) is 0.650. The molecule has 6 heteroatoms. The first kappa shape index (κ1) is 20.7. The summed E-state index contributed by atoms with van der Waals surface area (Å²) in [4.78, 5) is 5.06. The lowest BCUT2D eigenvalue weighted by molar-refractivity contribution is 0.0979. The van der Waals surface area contributed by atoms with Crippen molar-refractivity contribution < 1.29 is 0 Å². The summed E-state index contributed by atoms with van der Waals surface area (Å²) in [6.07, 6.45) is 0. The number of aromatic nitrogens is 4. The standard InChI is InChI=1S/C24H32N6/c1-19-10-12-21(13-11-19)22(23-25-26-27-30(23)24(2,3)4)29-16-14-28(15-17-29)18-20-8-6-5-7-9-20/h5-13,22H,14-18H2,1-4H3. The van der Waals surface area contributed by atoms with Crippen LogP contribution in [0.25, 0.3) is 0 Å². The molecule has 6 nitrogen and oxygen atoms in total. The number of hydrogen-bond donors (Lipinski definition) is 0. The maximum atomic E-state index is 4.49. The van der Waals surface area contributed by atoms with E-state index in [0.717, 1.165) is 38.5 Å². The Bertz CT molecular complexity index is 934. The molecule has 1 saturated heterocycles. The summed E-state index contributed by atoms with van der Waals surface area (Å²) in [5.41, 5.74) is 3.72. The van der Waals surface area contributed by atoms with Gasteiger partial charge in [-0.05, 0) is 49.2 Å². The first-order valence-corrected chi connectivity index (χ1v) is 10.8. The topological polar surface area (TPSA) is 50.1 Å². The number of benzene rings is 2. The van der Waals surface area contributed by atoms with E-state index in [-0.39, 0.29) is 11.6 Å². The summed E-state index contributed by atoms with van der Waals surface area (Å²) < 4.78 is 1.98. The van der Waals surface area contributed by atoms with E-state index < -0.39 is 0 Å². The highest BCUT2D eigenvalue weighted by atomic mass is 15.6. The lowest BCUT2D eigenvalue weighted by atomic mass is 10.0. The Labute approximate surface area is 179 Å². The van der Waals surface area contributed by atoms with Crippen LogP contribution in [-0.4, -0.2) is 56.2 Å². The van der Waals surface area contributed by atoms with Crippen molar-refractivity contribution in [3.8, 4) is 0 Å². The summed E-state index contributed by atoms with van der Waals surface area (Å²) in [7, 11) is 0. The smallest absolute Gasteiger partial charge is 0.173 e. The predicted molar refractivity (Wildman–Crippen MR) is 119 cm³/mol. The van der Waals surface area contributed by atoms with Crippen LogP contribution in [0.3, 0.4) is 0 Å². The number of aryl methyl sites for hydroxylation is 1. The van der Waals surface area contributed by atoms with Crippen molar-refractivity contribution in [3.05, 3.63) is 77.1 Å². The molecule has 1 aromatic heterocycles. The van der Waals surface area contributed by atoms with Crippen LogP contribution < -0.4 is 0 Å². The zero-order valence-corrected chi connectivity index (χ0v) is 18.5. The lowest BCUT2D eigenvalue weighted by Gasteiger charge is -2.39. The number of tetrazole rings is 1. The van der Waals surface area contributed by atoms with Gasteiger partial charge in [-0.25, -0.2) is 4.68 Å². The molecule has 0 aliphatic carbocycles. The molecule has 1 aliphatic heterocycles. The van der Waals surface area contributed by atoms with E-state index in [1.807, 2.05) is 4.68 Å². The summed E-state index contributed by atoms with van der Waals surface area (Å²) in [5, 5.41) is 12.9. The van der Waals surface area contributed by atoms with Crippen LogP contribution in [0.5, 0.6) is 0 Å². The van der Waals surface area contributed by atoms with Gasteiger partial charge >= 0.3 is 0 Å². The van der Waals surface area contributed by atoms with Gasteiger partial charge in [0.05, 0.1) is 11.6 Å². The molecule has 1 fully saturated rings. The fraction of sp³-hybridized carbons (Fsp3) is 0.458. The van der Waals surface area contributed by atoms with Crippen LogP contribution in [0.1, 0.15) is 49.3 Å². The Balaban J connectivity index is 1.57. The SMILES string of the molecule is Cc1ccc(C(c2nnnn2C(C)(C)C)N2CCN(Cc3ccccc3)CC2)cc1. The number of hydrogen-bond acceptors (Lipinski definition) is 5. The third kappa shape index (κ3) is 4.60. The second-order valence-electron chi connectivity index (χ2n) is 9.23. The molecule has 2 aromatic carbocycles. The molecule has 1 aliphatic rings. The minimum Gasteiger partial charge on any atom is -0.297 e. The molecule has 0 radical (unpaired) electrons. The Hall–Kier alpha value is -2.57. The van der Waals surface area contributed by atoms with Crippen LogP contribution in [0.4, 0.5) is 0 Å². The zero-order valence-electron chi connectivity index (χ0n) is 18.5. The Morgan fingerprint density at radius 2 is 1.57 bits per heavy atom. The van der Waals surface area contributed by atoms with Gasteiger partial charge in [0.25, 0.3) is 0 Å². The van der Waals surface area contributed by atoms with Gasteiger partial charge < -0.3 is 0 Å². The maximum absolute atomic E-state index is 4.49. The molecule has 0 bridgehead atoms. The van der Waals surface area contributed by atoms with E-state index >= 15 is 0 Å². The molecular weight excluding hydrogens is 372 g/mol. The van der Waals surface area contributed by atoms with Crippen molar-refractivity contribution in [3.63, 3.8) is 0 Å². The summed E-state index contributed by atoms with van der Waals surface area (Å²) in [5.74, 6) is 0.919. The van der Waals surface area contributed by atoms with Crippen LogP contribution in [0, 0.1) is 6.92 Å². The molecule has 30 heavy (non-hydrogen) atoms. The highest BCUT2D eigenvalue weighted by Crippen LogP contribution is 2.30. The van der Waals surface area contributed by atoms with Crippen LogP contribution in [0.15, 0.2) is 54.6 Å². The minimum atomic E-state index is -0.170. The largest absolute Gasteiger partial charge is 0.297 e. The fourth-order valence-electron chi connectivity index (χ4n) is 4.14. The van der Waals surface area contributed by atoms with Crippen molar-refractivity contribution in [1.29, 1.82) is 0 Å². The van der Waals surface area contributed by atoms with E-state index in [1.54, 1.807) is 0 Å². The number of nitrogens with zero attached hydrogens (tertiary/aromatic N) is 6. The van der Waals surface area contributed by atoms with Gasteiger partial charge in [-0.1, -0.05) is 60.2 Å². The van der Waals surface area contributed by atoms with Gasteiger partial charge in [0, 0.05) is 32.7 Å². The van der Waals surface area contributed by atoms with E-state index in [9.17, 15) is 0 Å². The summed E-state index contributed by atoms with van der Waals surface area (Å²) >= 11 is 0. The zero-order chi connectivity index (χ0) is 21.1. The Morgan fingerprint density at radius 3 is 2.20 bits per heavy atom. The first-order valence-electron chi connectivity index (χ1n) is 10.8. The Morgan fingerprint density at radius 1 is 0.900 bits per heavy atom. The van der Waals surface area contributed by atoms with Gasteiger partial charge in [-0.2, -0.15) is 0 Å². The fourth-order valence-corrected chi connectivity index (χ4v) is 4.14. The van der Waals surface area contributed by atoms with Crippen LogP contribution in [-0.2, 0) is 12.1 Å². The monoisotopic (exact) mass is 404 g/mol. The van der Waals surface area contributed by atoms with Crippen molar-refractivity contribution >= 4 is 0 Å². The molecule has 1 unspecified atom stereocenters. The van der Waals surface area contributed by atoms with Gasteiger partial charge in [-0.3, -0.25) is 9.80 Å². The second kappa shape index (κ2) is 8.66. The second-order valence-corrected chi connectivity index (χ2v) is 9.23. The third-order valence-electron chi connectivity index (χ3n) is 5.79. The van der Waals surface area contributed by atoms with Crippen LogP contribution in [0.2, 0.25) is 0 Å². The highest BCUT2D eigenvalue weighted by Gasteiger charge is 2.33. The Kier molecular flexibility index (Phi) is 5.97. The van der Waals surface area contributed by atoms with E-state index in [0.29, 0.717) is 0 Å². The maximum Gasteiger partial charge on any atom is 0.173 e. The number of piperazine rings is 1. The number of rotatable bonds is 5. The molecule has 3 aromatic rings. The molecule has 158 valence electrons. The highest BCUT2D eigenvalue weighted by molar-refractivity contribution is 5.28. The molecule has 0 amide bonds. The van der Waals surface area contributed by atoms with Crippen molar-refractivity contribution in [1.82, 2.24) is 30.0 Å². The molecular formula is C24H32N6. The van der Waals surface area contributed by atoms with Crippen molar-refractivity contribution in [2.45, 2.75) is 45.8 Å². The minimum absolute atomic E-state index is 0.0544. The van der Waals surface area contributed by atoms with Gasteiger partial charge in [0.2, 0.25) is 0 Å². The van der Waals surface area contributed by atoms with Crippen LogP contribution >= 0.6 is 0 Å². The predicted octanol–water partition coefficient (Wildman–Crippen LogP) is 3.64. The first-order chi connectivity index (χ1) is 14.4. The van der Waals surface area contributed by atoms with Gasteiger partial charge in [0.15, 0.2) is 5.82 Å². The average molecular weight is 405 g/mol. The normalized spacial score (nSPS) is 17.2. The van der Waals surface area contributed by atoms with Crippen molar-refractivity contribution in [2.75, 3.05) is 26.2 Å². The van der Waals surface area contributed by atoms with E-state index in [1.165, 1.54) is 16.7 Å². The van der Waals surface area contributed by atoms with E-state index in [2.05, 4.69) is 108 Å². The van der Waals surface area contributed by atoms with E-state index in [4.69, 9.17) is 0 Å². The van der Waals surface area contributed by atoms with Crippen molar-refractivity contribution in [2.24, 2.45) is 0 Å². The molecule has 0 saturated carbocycles. The average Bonchev–Trinajstić information content (AvgIpc) is 3.22. The summed E-state index contributed by atoms with van der Waals surface area (Å²) in [6, 6.07) is 19.6. The third-order valence-corrected chi connectivity index (χ3v) is 5.79. The molecule has 0 spiro atoms. The summed E-state index contributed by atoms with van der Waals surface area (Å²) in [6.45, 7) is 13.6. The van der Waals surface area contributed by atoms with Gasteiger partial charge in [-0.15, -0.1) is 5.10 Å². The molecule has 2 heterocycles. The molecule has 1 atom stereocenters. The lowest BCUT2D eigenvalue weighted by Crippen LogP contribution is -2.48. The molecule has 4 rings (SSSR count). The molecule has 0 N–H and O–H groups in total.